The summed E-state index contributed by atoms with van der Waals surface area (Å²) < 4.78 is 5.48. The summed E-state index contributed by atoms with van der Waals surface area (Å²) in [7, 11) is 1.68. The van der Waals surface area contributed by atoms with Crippen molar-refractivity contribution in [2.24, 2.45) is 17.8 Å². The molecular weight excluding hydrogens is 378 g/mol. The zero-order valence-corrected chi connectivity index (χ0v) is 18.9. The molecule has 0 bridgehead atoms. The third-order valence-electron chi connectivity index (χ3n) is 6.63. The standard InChI is InChI=1S/C24H37N3O3/c1-17(2)22(25-23(28)19-11-9-18(3)10-12-19)24(29)27-15-13-26(14-16-27)20-7-5-6-8-21(20)30-4/h5-8,17-19,22H,9-16H2,1-4H3,(H,25,28). The first-order valence-corrected chi connectivity index (χ1v) is 11.4. The summed E-state index contributed by atoms with van der Waals surface area (Å²) in [6, 6.07) is 7.54. The molecule has 1 N–H and O–H groups in total. The summed E-state index contributed by atoms with van der Waals surface area (Å²) in [5, 5.41) is 3.10. The lowest BCUT2D eigenvalue weighted by Gasteiger charge is -2.39. The summed E-state index contributed by atoms with van der Waals surface area (Å²) in [4.78, 5) is 30.2. The fourth-order valence-electron chi connectivity index (χ4n) is 4.56. The van der Waals surface area contributed by atoms with Crippen LogP contribution in [0.15, 0.2) is 24.3 Å². The van der Waals surface area contributed by atoms with E-state index < -0.39 is 6.04 Å². The van der Waals surface area contributed by atoms with E-state index in [0.717, 1.165) is 50.2 Å². The van der Waals surface area contributed by atoms with Crippen LogP contribution in [0.3, 0.4) is 0 Å². The van der Waals surface area contributed by atoms with Gasteiger partial charge in [-0.1, -0.05) is 32.9 Å². The average Bonchev–Trinajstić information content (AvgIpc) is 2.77. The Labute approximate surface area is 180 Å². The van der Waals surface area contributed by atoms with Crippen molar-refractivity contribution in [3.63, 3.8) is 0 Å². The van der Waals surface area contributed by atoms with Crippen molar-refractivity contribution >= 4 is 17.5 Å². The topological polar surface area (TPSA) is 61.9 Å². The van der Waals surface area contributed by atoms with E-state index >= 15 is 0 Å². The Morgan fingerprint density at radius 1 is 1.03 bits per heavy atom. The fraction of sp³-hybridized carbons (Fsp3) is 0.667. The number of piperazine rings is 1. The SMILES string of the molecule is COc1ccccc1N1CCN(C(=O)C(NC(=O)C2CCC(C)CC2)C(C)C)CC1. The van der Waals surface area contributed by atoms with E-state index in [1.54, 1.807) is 7.11 Å². The van der Waals surface area contributed by atoms with Gasteiger partial charge in [0, 0.05) is 32.1 Å². The van der Waals surface area contributed by atoms with E-state index in [1.807, 2.05) is 36.9 Å². The van der Waals surface area contributed by atoms with Gasteiger partial charge in [0.1, 0.15) is 11.8 Å². The highest BCUT2D eigenvalue weighted by Crippen LogP contribution is 2.30. The van der Waals surface area contributed by atoms with Crippen molar-refractivity contribution in [3.05, 3.63) is 24.3 Å². The minimum Gasteiger partial charge on any atom is -0.495 e. The van der Waals surface area contributed by atoms with Gasteiger partial charge in [0.2, 0.25) is 11.8 Å². The molecule has 0 aromatic heterocycles. The van der Waals surface area contributed by atoms with Gasteiger partial charge >= 0.3 is 0 Å². The number of methoxy groups -OCH3 is 1. The first kappa shape index (κ1) is 22.4. The average molecular weight is 416 g/mol. The van der Waals surface area contributed by atoms with Gasteiger partial charge < -0.3 is 19.9 Å². The molecule has 1 unspecified atom stereocenters. The van der Waals surface area contributed by atoms with Crippen LogP contribution in [-0.2, 0) is 9.59 Å². The molecule has 1 atom stereocenters. The van der Waals surface area contributed by atoms with Crippen LogP contribution in [0.25, 0.3) is 0 Å². The van der Waals surface area contributed by atoms with E-state index in [0.29, 0.717) is 19.0 Å². The molecule has 1 aromatic rings. The van der Waals surface area contributed by atoms with Crippen molar-refractivity contribution in [1.29, 1.82) is 0 Å². The molecule has 6 nitrogen and oxygen atoms in total. The summed E-state index contributed by atoms with van der Waals surface area (Å²) >= 11 is 0. The zero-order chi connectivity index (χ0) is 21.7. The van der Waals surface area contributed by atoms with E-state index in [4.69, 9.17) is 4.74 Å². The molecule has 2 amide bonds. The minimum atomic E-state index is -0.449. The van der Waals surface area contributed by atoms with Crippen LogP contribution in [0.4, 0.5) is 5.69 Å². The number of benzene rings is 1. The molecule has 166 valence electrons. The van der Waals surface area contributed by atoms with Crippen LogP contribution >= 0.6 is 0 Å². The lowest BCUT2D eigenvalue weighted by molar-refractivity contribution is -0.139. The van der Waals surface area contributed by atoms with Crippen LogP contribution in [0.1, 0.15) is 46.5 Å². The maximum Gasteiger partial charge on any atom is 0.245 e. The van der Waals surface area contributed by atoms with Crippen molar-refractivity contribution in [1.82, 2.24) is 10.2 Å². The van der Waals surface area contributed by atoms with Crippen molar-refractivity contribution in [2.75, 3.05) is 38.2 Å². The number of amides is 2. The lowest BCUT2D eigenvalue weighted by Crippen LogP contribution is -2.57. The first-order chi connectivity index (χ1) is 14.4. The molecule has 2 fully saturated rings. The van der Waals surface area contributed by atoms with Crippen LogP contribution in [0.5, 0.6) is 5.75 Å². The third-order valence-corrected chi connectivity index (χ3v) is 6.63. The van der Waals surface area contributed by atoms with Crippen molar-refractivity contribution in [3.8, 4) is 5.75 Å². The molecule has 1 saturated heterocycles. The second-order valence-electron chi connectivity index (χ2n) is 9.17. The largest absolute Gasteiger partial charge is 0.495 e. The molecule has 2 aliphatic rings. The van der Waals surface area contributed by atoms with Crippen LogP contribution in [-0.4, -0.2) is 56.0 Å². The molecule has 1 aliphatic heterocycles. The number of anilines is 1. The number of carbonyl (C=O) groups is 2. The highest BCUT2D eigenvalue weighted by atomic mass is 16.5. The van der Waals surface area contributed by atoms with E-state index in [-0.39, 0.29) is 23.7 Å². The Morgan fingerprint density at radius 3 is 2.27 bits per heavy atom. The van der Waals surface area contributed by atoms with Crippen LogP contribution < -0.4 is 15.0 Å². The van der Waals surface area contributed by atoms with Crippen molar-refractivity contribution < 1.29 is 14.3 Å². The third kappa shape index (κ3) is 5.27. The number of nitrogens with one attached hydrogen (secondary N) is 1. The predicted molar refractivity (Wildman–Crippen MR) is 120 cm³/mol. The van der Waals surface area contributed by atoms with Gasteiger partial charge in [-0.15, -0.1) is 0 Å². The Hall–Kier alpha value is -2.24. The molecule has 1 aliphatic carbocycles. The second-order valence-corrected chi connectivity index (χ2v) is 9.17. The number of ether oxygens (including phenoxy) is 1. The maximum atomic E-state index is 13.2. The van der Waals surface area contributed by atoms with Gasteiger partial charge in [-0.25, -0.2) is 0 Å². The normalized spacial score (nSPS) is 23.2. The number of nitrogens with zero attached hydrogens (tertiary/aromatic N) is 2. The van der Waals surface area contributed by atoms with Gasteiger partial charge in [-0.3, -0.25) is 9.59 Å². The Balaban J connectivity index is 1.58. The molecule has 1 heterocycles. The van der Waals surface area contributed by atoms with Gasteiger partial charge in [-0.05, 0) is 49.7 Å². The molecular formula is C24H37N3O3. The lowest BCUT2D eigenvalue weighted by atomic mass is 9.82. The monoisotopic (exact) mass is 415 g/mol. The fourth-order valence-corrected chi connectivity index (χ4v) is 4.56. The molecule has 1 saturated carbocycles. The minimum absolute atomic E-state index is 0.0437. The molecule has 0 radical (unpaired) electrons. The summed E-state index contributed by atoms with van der Waals surface area (Å²) in [5.41, 5.74) is 1.06. The van der Waals surface area contributed by atoms with Crippen LogP contribution in [0, 0.1) is 17.8 Å². The Morgan fingerprint density at radius 2 is 1.67 bits per heavy atom. The van der Waals surface area contributed by atoms with Crippen LogP contribution in [0.2, 0.25) is 0 Å². The first-order valence-electron chi connectivity index (χ1n) is 11.4. The molecule has 30 heavy (non-hydrogen) atoms. The maximum absolute atomic E-state index is 13.2. The van der Waals surface area contributed by atoms with Gasteiger partial charge in [0.15, 0.2) is 0 Å². The number of hydrogen-bond acceptors (Lipinski definition) is 4. The Kier molecular flexibility index (Phi) is 7.62. The summed E-state index contributed by atoms with van der Waals surface area (Å²) in [5.74, 6) is 1.78. The smallest absolute Gasteiger partial charge is 0.245 e. The van der Waals surface area contributed by atoms with Crippen molar-refractivity contribution in [2.45, 2.75) is 52.5 Å². The molecule has 3 rings (SSSR count). The van der Waals surface area contributed by atoms with Gasteiger partial charge in [0.05, 0.1) is 12.8 Å². The van der Waals surface area contributed by atoms with Gasteiger partial charge in [-0.2, -0.15) is 0 Å². The summed E-state index contributed by atoms with van der Waals surface area (Å²) in [6.45, 7) is 9.08. The predicted octanol–water partition coefficient (Wildman–Crippen LogP) is 3.31. The number of para-hydroxylation sites is 2. The van der Waals surface area contributed by atoms with E-state index in [2.05, 4.69) is 23.2 Å². The highest BCUT2D eigenvalue weighted by Gasteiger charge is 2.33. The van der Waals surface area contributed by atoms with Gasteiger partial charge in [0.25, 0.3) is 0 Å². The number of rotatable bonds is 6. The Bertz CT molecular complexity index is 720. The second kappa shape index (κ2) is 10.2. The number of carbonyl (C=O) groups excluding carboxylic acids is 2. The van der Waals surface area contributed by atoms with E-state index in [9.17, 15) is 9.59 Å². The van der Waals surface area contributed by atoms with E-state index in [1.165, 1.54) is 0 Å². The quantitative estimate of drug-likeness (QED) is 0.774. The highest BCUT2D eigenvalue weighted by molar-refractivity contribution is 5.89. The molecule has 1 aromatic carbocycles. The summed E-state index contributed by atoms with van der Waals surface area (Å²) in [6.07, 6.45) is 4.07. The zero-order valence-electron chi connectivity index (χ0n) is 18.9. The molecule has 0 spiro atoms. The molecule has 6 heteroatoms. The number of hydrogen-bond donors (Lipinski definition) is 1.